The number of hydrogen-bond donors (Lipinski definition) is 0. The van der Waals surface area contributed by atoms with Crippen LogP contribution >= 0.6 is 27.5 Å². The van der Waals surface area contributed by atoms with Crippen molar-refractivity contribution in [2.24, 2.45) is 0 Å². The minimum atomic E-state index is -0.679. The van der Waals surface area contributed by atoms with Gasteiger partial charge < -0.3 is 4.74 Å². The predicted molar refractivity (Wildman–Crippen MR) is 89.0 cm³/mol. The van der Waals surface area contributed by atoms with Gasteiger partial charge in [0.1, 0.15) is 11.7 Å². The lowest BCUT2D eigenvalue weighted by Crippen LogP contribution is -2.40. The number of rotatable bonds is 2. The molecule has 1 aliphatic rings. The summed E-state index contributed by atoms with van der Waals surface area (Å²) in [5, 5.41) is 1.44. The number of esters is 1. The van der Waals surface area contributed by atoms with Crippen LogP contribution in [-0.2, 0) is 14.9 Å². The Bertz CT molecular complexity index is 729. The molecule has 1 fully saturated rings. The average Bonchev–Trinajstić information content (AvgIpc) is 2.55. The number of methoxy groups -OCH3 is 1. The Balaban J connectivity index is 2.26. The molecule has 0 N–H and O–H groups in total. The van der Waals surface area contributed by atoms with Crippen LogP contribution in [0.1, 0.15) is 37.8 Å². The summed E-state index contributed by atoms with van der Waals surface area (Å²) in [7, 11) is 1.44. The van der Waals surface area contributed by atoms with Gasteiger partial charge in [-0.15, -0.1) is 0 Å². The van der Waals surface area contributed by atoms with Crippen molar-refractivity contribution in [2.45, 2.75) is 37.5 Å². The zero-order chi connectivity index (χ0) is 15.7. The number of aromatic nitrogens is 2. The van der Waals surface area contributed by atoms with E-state index in [9.17, 15) is 4.79 Å². The number of hydrogen-bond acceptors (Lipinski definition) is 4. The maximum atomic E-state index is 12.6. The van der Waals surface area contributed by atoms with E-state index in [-0.39, 0.29) is 5.97 Å². The second-order valence-electron chi connectivity index (χ2n) is 5.64. The first-order valence-corrected chi connectivity index (χ1v) is 8.44. The van der Waals surface area contributed by atoms with E-state index in [1.165, 1.54) is 13.4 Å². The molecule has 22 heavy (non-hydrogen) atoms. The molecule has 2 aromatic rings. The van der Waals surface area contributed by atoms with Gasteiger partial charge in [0.05, 0.1) is 23.3 Å². The molecule has 1 saturated carbocycles. The van der Waals surface area contributed by atoms with Gasteiger partial charge in [-0.2, -0.15) is 0 Å². The number of benzene rings is 1. The Hall–Kier alpha value is -1.20. The fraction of sp³-hybridized carbons (Fsp3) is 0.438. The minimum absolute atomic E-state index is 0.210. The molecule has 6 heteroatoms. The first-order chi connectivity index (χ1) is 10.6. The molecule has 0 unspecified atom stereocenters. The molecule has 0 amide bonds. The molecule has 0 bridgehead atoms. The molecular formula is C16H16BrClN2O2. The predicted octanol–water partition coefficient (Wildman–Crippen LogP) is 4.42. The monoisotopic (exact) mass is 382 g/mol. The summed E-state index contributed by atoms with van der Waals surface area (Å²) in [4.78, 5) is 21.3. The largest absolute Gasteiger partial charge is 0.468 e. The summed E-state index contributed by atoms with van der Waals surface area (Å²) < 4.78 is 5.89. The third-order valence-electron chi connectivity index (χ3n) is 4.41. The highest BCUT2D eigenvalue weighted by atomic mass is 79.9. The number of carbonyl (C=O) groups is 1. The van der Waals surface area contributed by atoms with Crippen LogP contribution in [0.3, 0.4) is 0 Å². The van der Waals surface area contributed by atoms with Crippen molar-refractivity contribution in [3.63, 3.8) is 0 Å². The van der Waals surface area contributed by atoms with Crippen molar-refractivity contribution in [2.75, 3.05) is 7.11 Å². The maximum absolute atomic E-state index is 12.6. The lowest BCUT2D eigenvalue weighted by Gasteiger charge is -2.34. The Labute approximate surface area is 142 Å². The van der Waals surface area contributed by atoms with Crippen molar-refractivity contribution >= 4 is 44.4 Å². The van der Waals surface area contributed by atoms with Crippen LogP contribution in [0.5, 0.6) is 0 Å². The van der Waals surface area contributed by atoms with E-state index >= 15 is 0 Å². The van der Waals surface area contributed by atoms with Gasteiger partial charge in [0.15, 0.2) is 0 Å². The first-order valence-electron chi connectivity index (χ1n) is 7.27. The van der Waals surface area contributed by atoms with E-state index in [1.54, 1.807) is 6.07 Å². The summed E-state index contributed by atoms with van der Waals surface area (Å²) >= 11 is 9.59. The van der Waals surface area contributed by atoms with Gasteiger partial charge in [0.2, 0.25) is 0 Å². The van der Waals surface area contributed by atoms with Crippen LogP contribution in [-0.4, -0.2) is 23.0 Å². The standard InChI is InChI=1S/C16H16BrClN2O2/c1-22-15(21)16(5-3-2-4-6-16)14-10-7-11(17)12(18)8-13(10)19-9-20-14/h7-9H,2-6H2,1H3. The van der Waals surface area contributed by atoms with Gasteiger partial charge in [-0.05, 0) is 40.9 Å². The highest BCUT2D eigenvalue weighted by molar-refractivity contribution is 9.10. The zero-order valence-electron chi connectivity index (χ0n) is 12.2. The third-order valence-corrected chi connectivity index (χ3v) is 5.61. The SMILES string of the molecule is COC(=O)C1(c2ncnc3cc(Cl)c(Br)cc23)CCCCC1. The van der Waals surface area contributed by atoms with Crippen LogP contribution in [0.2, 0.25) is 5.02 Å². The smallest absolute Gasteiger partial charge is 0.317 e. The van der Waals surface area contributed by atoms with Gasteiger partial charge in [0.25, 0.3) is 0 Å². The van der Waals surface area contributed by atoms with E-state index in [0.717, 1.165) is 53.2 Å². The molecule has 0 saturated heterocycles. The lowest BCUT2D eigenvalue weighted by molar-refractivity contribution is -0.149. The molecule has 1 aromatic heterocycles. The van der Waals surface area contributed by atoms with Crippen LogP contribution in [0.15, 0.2) is 22.9 Å². The van der Waals surface area contributed by atoms with E-state index < -0.39 is 5.41 Å². The molecule has 0 aliphatic heterocycles. The second-order valence-corrected chi connectivity index (χ2v) is 6.90. The van der Waals surface area contributed by atoms with Gasteiger partial charge in [-0.1, -0.05) is 30.9 Å². The fourth-order valence-electron chi connectivity index (χ4n) is 3.32. The van der Waals surface area contributed by atoms with Gasteiger partial charge >= 0.3 is 5.97 Å². The molecule has 1 heterocycles. The van der Waals surface area contributed by atoms with Gasteiger partial charge in [0, 0.05) is 9.86 Å². The number of halogens is 2. The van der Waals surface area contributed by atoms with E-state index in [0.29, 0.717) is 5.02 Å². The Kier molecular flexibility index (Phi) is 4.37. The Morgan fingerprint density at radius 3 is 2.68 bits per heavy atom. The lowest BCUT2D eigenvalue weighted by atomic mass is 9.70. The van der Waals surface area contributed by atoms with Crippen molar-refractivity contribution < 1.29 is 9.53 Å². The average molecular weight is 384 g/mol. The summed E-state index contributed by atoms with van der Waals surface area (Å²) in [6.45, 7) is 0. The van der Waals surface area contributed by atoms with Crippen molar-refractivity contribution in [3.8, 4) is 0 Å². The van der Waals surface area contributed by atoms with Crippen LogP contribution in [0, 0.1) is 0 Å². The van der Waals surface area contributed by atoms with Crippen molar-refractivity contribution in [3.05, 3.63) is 33.6 Å². The highest BCUT2D eigenvalue weighted by Gasteiger charge is 2.44. The quantitative estimate of drug-likeness (QED) is 0.720. The number of carbonyl (C=O) groups excluding carboxylic acids is 1. The Morgan fingerprint density at radius 1 is 1.27 bits per heavy atom. The molecule has 4 nitrogen and oxygen atoms in total. The fourth-order valence-corrected chi connectivity index (χ4v) is 3.82. The number of nitrogens with zero attached hydrogens (tertiary/aromatic N) is 2. The molecule has 1 aromatic carbocycles. The highest BCUT2D eigenvalue weighted by Crippen LogP contribution is 2.42. The molecular weight excluding hydrogens is 368 g/mol. The molecule has 3 rings (SSSR count). The van der Waals surface area contributed by atoms with Crippen LogP contribution in [0.25, 0.3) is 10.9 Å². The van der Waals surface area contributed by atoms with Crippen LogP contribution < -0.4 is 0 Å². The summed E-state index contributed by atoms with van der Waals surface area (Å²) in [5.74, 6) is -0.210. The minimum Gasteiger partial charge on any atom is -0.468 e. The van der Waals surface area contributed by atoms with Gasteiger partial charge in [-0.25, -0.2) is 9.97 Å². The summed E-state index contributed by atoms with van der Waals surface area (Å²) in [6, 6.07) is 3.69. The first kappa shape index (κ1) is 15.7. The van der Waals surface area contributed by atoms with E-state index in [1.807, 2.05) is 6.07 Å². The van der Waals surface area contributed by atoms with E-state index in [4.69, 9.17) is 16.3 Å². The van der Waals surface area contributed by atoms with Crippen LogP contribution in [0.4, 0.5) is 0 Å². The normalized spacial score (nSPS) is 17.4. The molecule has 1 aliphatic carbocycles. The topological polar surface area (TPSA) is 52.1 Å². The van der Waals surface area contributed by atoms with Gasteiger partial charge in [-0.3, -0.25) is 4.79 Å². The van der Waals surface area contributed by atoms with Crippen molar-refractivity contribution in [1.29, 1.82) is 0 Å². The third kappa shape index (κ3) is 2.50. The summed E-state index contributed by atoms with van der Waals surface area (Å²) in [5.41, 5.74) is 0.815. The molecule has 0 spiro atoms. The maximum Gasteiger partial charge on any atom is 0.317 e. The van der Waals surface area contributed by atoms with E-state index in [2.05, 4.69) is 25.9 Å². The zero-order valence-corrected chi connectivity index (χ0v) is 14.6. The summed E-state index contributed by atoms with van der Waals surface area (Å²) in [6.07, 6.45) is 6.14. The molecule has 0 radical (unpaired) electrons. The second kappa shape index (κ2) is 6.13. The number of ether oxygens (including phenoxy) is 1. The molecule has 0 atom stereocenters. The van der Waals surface area contributed by atoms with Crippen molar-refractivity contribution in [1.82, 2.24) is 9.97 Å². The number of fused-ring (bicyclic) bond motifs is 1. The Morgan fingerprint density at radius 2 is 2.00 bits per heavy atom. The molecule has 116 valence electrons.